The lowest BCUT2D eigenvalue weighted by Crippen LogP contribution is -1.99. The molecule has 2 aromatic rings. The van der Waals surface area contributed by atoms with E-state index in [1.165, 1.54) is 5.56 Å². The normalized spacial score (nSPS) is 9.61. The summed E-state index contributed by atoms with van der Waals surface area (Å²) in [6, 6.07) is 14.1. The standard InChI is InChI=1S/C16H16N2/c1-3-13-8-10-14(11-9-13)18-15(4-2)16-7-5-6-12-17-16/h5-12,18H,2-3H2,1H3. The van der Waals surface area contributed by atoms with Crippen molar-refractivity contribution in [1.29, 1.82) is 0 Å². The van der Waals surface area contributed by atoms with E-state index in [9.17, 15) is 0 Å². The van der Waals surface area contributed by atoms with E-state index in [1.807, 2.05) is 18.2 Å². The van der Waals surface area contributed by atoms with E-state index in [1.54, 1.807) is 6.20 Å². The van der Waals surface area contributed by atoms with Crippen molar-refractivity contribution < 1.29 is 0 Å². The fourth-order valence-corrected chi connectivity index (χ4v) is 1.68. The van der Waals surface area contributed by atoms with Gasteiger partial charge in [-0.1, -0.05) is 31.7 Å². The molecule has 0 amide bonds. The zero-order valence-corrected chi connectivity index (χ0v) is 10.5. The van der Waals surface area contributed by atoms with Crippen molar-refractivity contribution in [3.8, 4) is 0 Å². The zero-order chi connectivity index (χ0) is 12.8. The number of anilines is 1. The van der Waals surface area contributed by atoms with Gasteiger partial charge >= 0.3 is 0 Å². The molecule has 0 saturated carbocycles. The third-order valence-electron chi connectivity index (χ3n) is 2.73. The van der Waals surface area contributed by atoms with Crippen molar-refractivity contribution in [2.24, 2.45) is 0 Å². The van der Waals surface area contributed by atoms with Crippen LogP contribution in [0.2, 0.25) is 0 Å². The molecule has 0 aliphatic heterocycles. The van der Waals surface area contributed by atoms with Gasteiger partial charge in [0.05, 0.1) is 5.69 Å². The minimum Gasteiger partial charge on any atom is -0.347 e. The monoisotopic (exact) mass is 236 g/mol. The molecule has 0 spiro atoms. The van der Waals surface area contributed by atoms with E-state index in [0.29, 0.717) is 0 Å². The first-order valence-corrected chi connectivity index (χ1v) is 6.01. The molecule has 0 radical (unpaired) electrons. The van der Waals surface area contributed by atoms with E-state index in [2.05, 4.69) is 53.8 Å². The summed E-state index contributed by atoms with van der Waals surface area (Å²) in [5.41, 5.74) is 6.86. The Morgan fingerprint density at radius 3 is 2.56 bits per heavy atom. The van der Waals surface area contributed by atoms with Gasteiger partial charge in [0.25, 0.3) is 0 Å². The van der Waals surface area contributed by atoms with Crippen LogP contribution in [0.5, 0.6) is 0 Å². The lowest BCUT2D eigenvalue weighted by molar-refractivity contribution is 1.14. The van der Waals surface area contributed by atoms with Gasteiger partial charge in [-0.2, -0.15) is 0 Å². The molecule has 1 heterocycles. The Balaban J connectivity index is 2.19. The van der Waals surface area contributed by atoms with Crippen LogP contribution in [0.3, 0.4) is 0 Å². The fourth-order valence-electron chi connectivity index (χ4n) is 1.68. The second kappa shape index (κ2) is 5.85. The van der Waals surface area contributed by atoms with E-state index >= 15 is 0 Å². The maximum atomic E-state index is 4.28. The third kappa shape index (κ3) is 2.88. The number of nitrogens with zero attached hydrogens (tertiary/aromatic N) is 1. The quantitative estimate of drug-likeness (QED) is 0.815. The number of benzene rings is 1. The van der Waals surface area contributed by atoms with Crippen LogP contribution < -0.4 is 5.32 Å². The summed E-state index contributed by atoms with van der Waals surface area (Å²) in [4.78, 5) is 4.28. The van der Waals surface area contributed by atoms with Crippen LogP contribution in [0.15, 0.2) is 61.0 Å². The first-order valence-electron chi connectivity index (χ1n) is 6.01. The smallest absolute Gasteiger partial charge is 0.107 e. The third-order valence-corrected chi connectivity index (χ3v) is 2.73. The van der Waals surface area contributed by atoms with E-state index in [-0.39, 0.29) is 0 Å². The van der Waals surface area contributed by atoms with Gasteiger partial charge in [-0.15, -0.1) is 5.73 Å². The van der Waals surface area contributed by atoms with Crippen LogP contribution in [-0.4, -0.2) is 4.98 Å². The van der Waals surface area contributed by atoms with Gasteiger partial charge < -0.3 is 5.32 Å². The van der Waals surface area contributed by atoms with E-state index < -0.39 is 0 Å². The Labute approximate surface area is 108 Å². The number of nitrogens with one attached hydrogen (secondary N) is 1. The van der Waals surface area contributed by atoms with Gasteiger partial charge in [-0.05, 0) is 36.2 Å². The Bertz CT molecular complexity index is 549. The average molecular weight is 236 g/mol. The van der Waals surface area contributed by atoms with Crippen molar-refractivity contribution in [3.05, 3.63) is 72.2 Å². The van der Waals surface area contributed by atoms with E-state index in [4.69, 9.17) is 0 Å². The minimum atomic E-state index is 0.792. The van der Waals surface area contributed by atoms with Crippen LogP contribution in [0.1, 0.15) is 18.2 Å². The summed E-state index contributed by atoms with van der Waals surface area (Å²) in [5.74, 6) is 0. The highest BCUT2D eigenvalue weighted by atomic mass is 14.9. The molecule has 2 heteroatoms. The average Bonchev–Trinajstić information content (AvgIpc) is 2.46. The van der Waals surface area contributed by atoms with Gasteiger partial charge in [0.2, 0.25) is 0 Å². The zero-order valence-electron chi connectivity index (χ0n) is 10.5. The molecule has 1 aromatic carbocycles. The van der Waals surface area contributed by atoms with Gasteiger partial charge in [0.15, 0.2) is 0 Å². The molecule has 0 aliphatic rings. The first-order chi connectivity index (χ1) is 8.83. The predicted octanol–water partition coefficient (Wildman–Crippen LogP) is 3.88. The van der Waals surface area contributed by atoms with Crippen molar-refractivity contribution in [2.75, 3.05) is 5.32 Å². The number of rotatable bonds is 4. The van der Waals surface area contributed by atoms with Gasteiger partial charge in [0.1, 0.15) is 5.70 Å². The van der Waals surface area contributed by atoms with Crippen molar-refractivity contribution >= 4 is 11.4 Å². The number of hydrogen-bond acceptors (Lipinski definition) is 2. The summed E-state index contributed by atoms with van der Waals surface area (Å²) >= 11 is 0. The molecule has 1 N–H and O–H groups in total. The molecule has 2 nitrogen and oxygen atoms in total. The Morgan fingerprint density at radius 1 is 1.22 bits per heavy atom. The molecule has 90 valence electrons. The molecular weight excluding hydrogens is 220 g/mol. The lowest BCUT2D eigenvalue weighted by Gasteiger charge is -2.08. The molecular formula is C16H16N2. The Morgan fingerprint density at radius 2 is 2.00 bits per heavy atom. The summed E-state index contributed by atoms with van der Waals surface area (Å²) in [7, 11) is 0. The number of hydrogen-bond donors (Lipinski definition) is 1. The highest BCUT2D eigenvalue weighted by Gasteiger charge is 2.01. The van der Waals surface area contributed by atoms with Crippen LogP contribution in [0, 0.1) is 0 Å². The van der Waals surface area contributed by atoms with Gasteiger partial charge in [-0.3, -0.25) is 4.98 Å². The Hall–Kier alpha value is -2.31. The van der Waals surface area contributed by atoms with Crippen molar-refractivity contribution in [1.82, 2.24) is 4.98 Å². The maximum absolute atomic E-state index is 4.28. The van der Waals surface area contributed by atoms with Crippen molar-refractivity contribution in [3.63, 3.8) is 0 Å². The van der Waals surface area contributed by atoms with Crippen LogP contribution in [0.25, 0.3) is 5.70 Å². The van der Waals surface area contributed by atoms with Gasteiger partial charge in [-0.25, -0.2) is 0 Å². The van der Waals surface area contributed by atoms with Gasteiger partial charge in [0, 0.05) is 11.9 Å². The molecule has 18 heavy (non-hydrogen) atoms. The van der Waals surface area contributed by atoms with Crippen LogP contribution in [-0.2, 0) is 6.42 Å². The summed E-state index contributed by atoms with van der Waals surface area (Å²) in [6.07, 6.45) is 2.80. The molecule has 0 atom stereocenters. The Kier molecular flexibility index (Phi) is 3.95. The molecule has 0 bridgehead atoms. The predicted molar refractivity (Wildman–Crippen MR) is 76.2 cm³/mol. The highest BCUT2D eigenvalue weighted by Crippen LogP contribution is 2.16. The lowest BCUT2D eigenvalue weighted by atomic mass is 10.1. The SMILES string of the molecule is C=C=C(Nc1ccc(CC)cc1)c1ccccn1. The molecule has 1 aromatic heterocycles. The number of aryl methyl sites for hydroxylation is 1. The fraction of sp³-hybridized carbons (Fsp3) is 0.125. The van der Waals surface area contributed by atoms with Crippen LogP contribution in [0.4, 0.5) is 5.69 Å². The molecule has 0 fully saturated rings. The topological polar surface area (TPSA) is 24.9 Å². The highest BCUT2D eigenvalue weighted by molar-refractivity contribution is 5.74. The minimum absolute atomic E-state index is 0.792. The largest absolute Gasteiger partial charge is 0.347 e. The molecule has 0 unspecified atom stereocenters. The summed E-state index contributed by atoms with van der Waals surface area (Å²) in [6.45, 7) is 5.85. The van der Waals surface area contributed by atoms with Crippen molar-refractivity contribution in [2.45, 2.75) is 13.3 Å². The second-order valence-electron chi connectivity index (χ2n) is 3.94. The summed E-state index contributed by atoms with van der Waals surface area (Å²) in [5, 5.41) is 3.28. The molecule has 0 saturated heterocycles. The second-order valence-corrected chi connectivity index (χ2v) is 3.94. The van der Waals surface area contributed by atoms with Crippen LogP contribution >= 0.6 is 0 Å². The first kappa shape index (κ1) is 12.2. The number of pyridine rings is 1. The maximum Gasteiger partial charge on any atom is 0.107 e. The molecule has 0 aliphatic carbocycles. The molecule has 2 rings (SSSR count). The van der Waals surface area contributed by atoms with E-state index in [0.717, 1.165) is 23.5 Å². The number of aromatic nitrogens is 1. The summed E-state index contributed by atoms with van der Waals surface area (Å²) < 4.78 is 0.